The van der Waals surface area contributed by atoms with E-state index in [1.807, 2.05) is 26.4 Å². The molecule has 0 atom stereocenters. The van der Waals surface area contributed by atoms with Gasteiger partial charge in [-0.2, -0.15) is 0 Å². The first-order chi connectivity index (χ1) is 8.29. The Hall–Kier alpha value is -0.870. The highest BCUT2D eigenvalue weighted by molar-refractivity contribution is 4.88. The summed E-state index contributed by atoms with van der Waals surface area (Å²) in [6.07, 6.45) is 9.17. The van der Waals surface area contributed by atoms with Gasteiger partial charge in [-0.05, 0) is 39.7 Å². The van der Waals surface area contributed by atoms with E-state index in [2.05, 4.69) is 14.9 Å². The highest BCUT2D eigenvalue weighted by Gasteiger charge is 2.19. The second-order valence-electron chi connectivity index (χ2n) is 4.80. The van der Waals surface area contributed by atoms with Gasteiger partial charge in [-0.3, -0.25) is 0 Å². The van der Waals surface area contributed by atoms with Crippen LogP contribution in [-0.4, -0.2) is 35.4 Å². The maximum Gasteiger partial charge on any atom is 0.105 e. The summed E-state index contributed by atoms with van der Waals surface area (Å²) < 4.78 is 8.07. The van der Waals surface area contributed by atoms with Gasteiger partial charge >= 0.3 is 0 Å². The van der Waals surface area contributed by atoms with E-state index >= 15 is 0 Å². The normalized spacial score (nSPS) is 25.1. The lowest BCUT2D eigenvalue weighted by molar-refractivity contribution is 0.0187. The molecule has 0 spiro atoms. The summed E-state index contributed by atoms with van der Waals surface area (Å²) in [6.45, 7) is 3.74. The summed E-state index contributed by atoms with van der Waals surface area (Å²) in [4.78, 5) is 4.20. The van der Waals surface area contributed by atoms with Crippen molar-refractivity contribution in [1.82, 2.24) is 14.9 Å². The van der Waals surface area contributed by atoms with E-state index in [-0.39, 0.29) is 0 Å². The fraction of sp³-hybridized carbons (Fsp3) is 0.769. The molecule has 0 unspecified atom stereocenters. The van der Waals surface area contributed by atoms with Crippen LogP contribution in [0.1, 0.15) is 31.5 Å². The van der Waals surface area contributed by atoms with Crippen molar-refractivity contribution in [3.63, 3.8) is 0 Å². The number of rotatable bonds is 5. The lowest BCUT2D eigenvalue weighted by atomic mass is 9.93. The van der Waals surface area contributed by atoms with Crippen molar-refractivity contribution in [2.45, 2.75) is 51.3 Å². The van der Waals surface area contributed by atoms with Crippen LogP contribution in [0.15, 0.2) is 12.4 Å². The van der Waals surface area contributed by atoms with E-state index in [1.165, 1.54) is 25.7 Å². The first kappa shape index (κ1) is 12.6. The molecule has 1 heterocycles. The molecule has 0 aliphatic heterocycles. The van der Waals surface area contributed by atoms with Crippen LogP contribution < -0.4 is 5.32 Å². The summed E-state index contributed by atoms with van der Waals surface area (Å²) in [7, 11) is 2.05. The smallest absolute Gasteiger partial charge is 0.105 e. The summed E-state index contributed by atoms with van der Waals surface area (Å²) in [6, 6.07) is 0.700. The monoisotopic (exact) mass is 237 g/mol. The van der Waals surface area contributed by atoms with Gasteiger partial charge in [-0.15, -0.1) is 0 Å². The largest absolute Gasteiger partial charge is 0.376 e. The highest BCUT2D eigenvalue weighted by atomic mass is 16.5. The Kier molecular flexibility index (Phi) is 4.57. The number of nitrogens with one attached hydrogen (secondary N) is 1. The Morgan fingerprint density at radius 3 is 2.76 bits per heavy atom. The molecule has 1 aliphatic carbocycles. The summed E-state index contributed by atoms with van der Waals surface area (Å²) in [5.74, 6) is 1.06. The van der Waals surface area contributed by atoms with Crippen LogP contribution in [0, 0.1) is 6.92 Å². The molecule has 0 bridgehead atoms. The molecule has 0 amide bonds. The molecule has 2 rings (SSSR count). The molecule has 1 fully saturated rings. The molecule has 96 valence electrons. The van der Waals surface area contributed by atoms with Gasteiger partial charge in [0.05, 0.1) is 12.7 Å². The van der Waals surface area contributed by atoms with Crippen molar-refractivity contribution >= 4 is 0 Å². The highest BCUT2D eigenvalue weighted by Crippen LogP contribution is 2.20. The van der Waals surface area contributed by atoms with Crippen molar-refractivity contribution in [3.05, 3.63) is 18.2 Å². The molecule has 1 N–H and O–H groups in total. The van der Waals surface area contributed by atoms with Crippen molar-refractivity contribution < 1.29 is 4.74 Å². The predicted molar refractivity (Wildman–Crippen MR) is 68.0 cm³/mol. The molecule has 1 aromatic heterocycles. The van der Waals surface area contributed by atoms with Gasteiger partial charge in [0.2, 0.25) is 0 Å². The maximum atomic E-state index is 5.93. The minimum atomic E-state index is 0.462. The number of ether oxygens (including phenoxy) is 1. The molecule has 1 aliphatic rings. The Balaban J connectivity index is 1.65. The standard InChI is InChI=1S/C13H23N3O/c1-11-15-7-8-16(11)9-10-17-13-5-3-12(14-2)4-6-13/h7-8,12-14H,3-6,9-10H2,1-2H3. The molecule has 0 aromatic carbocycles. The zero-order chi connectivity index (χ0) is 12.1. The first-order valence-electron chi connectivity index (χ1n) is 6.56. The van der Waals surface area contributed by atoms with Gasteiger partial charge in [0.1, 0.15) is 5.82 Å². The third kappa shape index (κ3) is 3.54. The van der Waals surface area contributed by atoms with E-state index in [9.17, 15) is 0 Å². The second kappa shape index (κ2) is 6.17. The number of hydrogen-bond acceptors (Lipinski definition) is 3. The second-order valence-corrected chi connectivity index (χ2v) is 4.80. The van der Waals surface area contributed by atoms with E-state index in [1.54, 1.807) is 0 Å². The summed E-state index contributed by atoms with van der Waals surface area (Å²) in [5.41, 5.74) is 0. The average molecular weight is 237 g/mol. The van der Waals surface area contributed by atoms with E-state index in [0.29, 0.717) is 12.1 Å². The van der Waals surface area contributed by atoms with Gasteiger partial charge in [-0.1, -0.05) is 0 Å². The van der Waals surface area contributed by atoms with Crippen molar-refractivity contribution in [3.8, 4) is 0 Å². The van der Waals surface area contributed by atoms with E-state index in [4.69, 9.17) is 4.74 Å². The average Bonchev–Trinajstić information content (AvgIpc) is 2.76. The van der Waals surface area contributed by atoms with E-state index < -0.39 is 0 Å². The third-order valence-corrected chi connectivity index (χ3v) is 3.69. The molecule has 0 radical (unpaired) electrons. The van der Waals surface area contributed by atoms with Crippen LogP contribution in [0.25, 0.3) is 0 Å². The lowest BCUT2D eigenvalue weighted by Crippen LogP contribution is -2.33. The number of imidazole rings is 1. The maximum absolute atomic E-state index is 5.93. The van der Waals surface area contributed by atoms with Crippen LogP contribution in [0.2, 0.25) is 0 Å². The quantitative estimate of drug-likeness (QED) is 0.848. The third-order valence-electron chi connectivity index (χ3n) is 3.69. The minimum absolute atomic E-state index is 0.462. The van der Waals surface area contributed by atoms with Crippen molar-refractivity contribution in [2.24, 2.45) is 0 Å². The molecule has 4 nitrogen and oxygen atoms in total. The van der Waals surface area contributed by atoms with Crippen LogP contribution in [-0.2, 0) is 11.3 Å². The predicted octanol–water partition coefficient (Wildman–Crippen LogP) is 1.74. The van der Waals surface area contributed by atoms with Gasteiger partial charge in [0, 0.05) is 25.0 Å². The molecular weight excluding hydrogens is 214 g/mol. The van der Waals surface area contributed by atoms with Crippen LogP contribution in [0.3, 0.4) is 0 Å². The van der Waals surface area contributed by atoms with E-state index in [0.717, 1.165) is 19.0 Å². The zero-order valence-electron chi connectivity index (χ0n) is 10.9. The Labute approximate surface area is 103 Å². The number of aromatic nitrogens is 2. The molecule has 4 heteroatoms. The van der Waals surface area contributed by atoms with Crippen LogP contribution in [0.4, 0.5) is 0 Å². The number of nitrogens with zero attached hydrogens (tertiary/aromatic N) is 2. The molecule has 17 heavy (non-hydrogen) atoms. The van der Waals surface area contributed by atoms with Gasteiger partial charge in [-0.25, -0.2) is 4.98 Å². The van der Waals surface area contributed by atoms with Crippen LogP contribution in [0.5, 0.6) is 0 Å². The molecular formula is C13H23N3O. The number of hydrogen-bond donors (Lipinski definition) is 1. The molecule has 1 saturated carbocycles. The van der Waals surface area contributed by atoms with Crippen molar-refractivity contribution in [2.75, 3.05) is 13.7 Å². The summed E-state index contributed by atoms with van der Waals surface area (Å²) >= 11 is 0. The zero-order valence-corrected chi connectivity index (χ0v) is 10.9. The minimum Gasteiger partial charge on any atom is -0.376 e. The summed E-state index contributed by atoms with van der Waals surface area (Å²) in [5, 5.41) is 3.34. The number of aryl methyl sites for hydroxylation is 1. The molecule has 0 saturated heterocycles. The topological polar surface area (TPSA) is 39.1 Å². The first-order valence-corrected chi connectivity index (χ1v) is 6.56. The SMILES string of the molecule is CNC1CCC(OCCn2ccnc2C)CC1. The lowest BCUT2D eigenvalue weighted by Gasteiger charge is -2.28. The Morgan fingerprint density at radius 2 is 2.18 bits per heavy atom. The van der Waals surface area contributed by atoms with Crippen LogP contribution >= 0.6 is 0 Å². The van der Waals surface area contributed by atoms with Gasteiger partial charge in [0.15, 0.2) is 0 Å². The Bertz CT molecular complexity index is 329. The van der Waals surface area contributed by atoms with Gasteiger partial charge < -0.3 is 14.6 Å². The van der Waals surface area contributed by atoms with Crippen molar-refractivity contribution in [1.29, 1.82) is 0 Å². The van der Waals surface area contributed by atoms with Gasteiger partial charge in [0.25, 0.3) is 0 Å². The fourth-order valence-electron chi connectivity index (χ4n) is 2.48. The molecule has 1 aromatic rings. The Morgan fingerprint density at radius 1 is 1.41 bits per heavy atom. The fourth-order valence-corrected chi connectivity index (χ4v) is 2.48.